The molecule has 1 aromatic rings. The third-order valence-electron chi connectivity index (χ3n) is 1.80. The first-order valence-corrected chi connectivity index (χ1v) is 5.51. The SMILES string of the molecule is CC.CN1CCOCC1.c1ccncc1. The number of nitrogens with zero attached hydrogens (tertiary/aromatic N) is 2. The minimum absolute atomic E-state index is 0.913. The summed E-state index contributed by atoms with van der Waals surface area (Å²) in [6.45, 7) is 8.02. The van der Waals surface area contributed by atoms with Crippen molar-refractivity contribution in [1.29, 1.82) is 0 Å². The molecule has 0 spiro atoms. The van der Waals surface area contributed by atoms with E-state index in [1.807, 2.05) is 32.0 Å². The molecule has 0 radical (unpaired) electrons. The first kappa shape index (κ1) is 14.1. The molecule has 0 aliphatic carbocycles. The average molecular weight is 210 g/mol. The van der Waals surface area contributed by atoms with Crippen molar-refractivity contribution in [3.05, 3.63) is 30.6 Å². The molecular formula is C12H22N2O. The van der Waals surface area contributed by atoms with Crippen molar-refractivity contribution in [2.24, 2.45) is 0 Å². The fourth-order valence-electron chi connectivity index (χ4n) is 0.967. The normalized spacial score (nSPS) is 15.4. The van der Waals surface area contributed by atoms with Gasteiger partial charge < -0.3 is 9.64 Å². The maximum absolute atomic E-state index is 5.10. The topological polar surface area (TPSA) is 25.4 Å². The van der Waals surface area contributed by atoms with Crippen molar-refractivity contribution < 1.29 is 4.74 Å². The molecule has 0 unspecified atom stereocenters. The minimum atomic E-state index is 0.913. The number of hydrogen-bond acceptors (Lipinski definition) is 3. The largest absolute Gasteiger partial charge is 0.379 e. The number of aromatic nitrogens is 1. The summed E-state index contributed by atoms with van der Waals surface area (Å²) >= 11 is 0. The van der Waals surface area contributed by atoms with Gasteiger partial charge in [-0.25, -0.2) is 0 Å². The first-order chi connectivity index (χ1) is 7.39. The zero-order valence-electron chi connectivity index (χ0n) is 10.0. The number of ether oxygens (including phenoxy) is 1. The van der Waals surface area contributed by atoms with Crippen LogP contribution < -0.4 is 0 Å². The third kappa shape index (κ3) is 9.38. The van der Waals surface area contributed by atoms with Gasteiger partial charge in [0, 0.05) is 25.5 Å². The fourth-order valence-corrected chi connectivity index (χ4v) is 0.967. The van der Waals surface area contributed by atoms with Crippen LogP contribution in [0.4, 0.5) is 0 Å². The van der Waals surface area contributed by atoms with Gasteiger partial charge in [0.1, 0.15) is 0 Å². The molecule has 1 aliphatic rings. The van der Waals surface area contributed by atoms with E-state index in [0.717, 1.165) is 26.3 Å². The monoisotopic (exact) mass is 210 g/mol. The highest BCUT2D eigenvalue weighted by molar-refractivity contribution is 4.88. The molecule has 1 aliphatic heterocycles. The summed E-state index contributed by atoms with van der Waals surface area (Å²) in [5.41, 5.74) is 0. The van der Waals surface area contributed by atoms with Crippen LogP contribution >= 0.6 is 0 Å². The number of likely N-dealkylation sites (N-methyl/N-ethyl adjacent to an activating group) is 1. The van der Waals surface area contributed by atoms with Gasteiger partial charge in [0.25, 0.3) is 0 Å². The summed E-state index contributed by atoms with van der Waals surface area (Å²) in [7, 11) is 2.11. The lowest BCUT2D eigenvalue weighted by Crippen LogP contribution is -2.32. The summed E-state index contributed by atoms with van der Waals surface area (Å²) in [5, 5.41) is 0. The zero-order valence-corrected chi connectivity index (χ0v) is 10.0. The van der Waals surface area contributed by atoms with Crippen LogP contribution in [-0.2, 0) is 4.74 Å². The van der Waals surface area contributed by atoms with Crippen LogP contribution in [0.3, 0.4) is 0 Å². The molecular weight excluding hydrogens is 188 g/mol. The summed E-state index contributed by atoms with van der Waals surface area (Å²) in [6.07, 6.45) is 3.50. The van der Waals surface area contributed by atoms with E-state index in [-0.39, 0.29) is 0 Å². The Balaban J connectivity index is 0.000000227. The lowest BCUT2D eigenvalue weighted by molar-refractivity contribution is 0.0503. The Morgan fingerprint density at radius 3 is 1.73 bits per heavy atom. The van der Waals surface area contributed by atoms with Crippen LogP contribution in [0, 0.1) is 0 Å². The molecule has 1 fully saturated rings. The number of hydrogen-bond donors (Lipinski definition) is 0. The van der Waals surface area contributed by atoms with Crippen molar-refractivity contribution >= 4 is 0 Å². The van der Waals surface area contributed by atoms with Crippen LogP contribution in [-0.4, -0.2) is 43.2 Å². The summed E-state index contributed by atoms with van der Waals surface area (Å²) in [6, 6.07) is 5.72. The van der Waals surface area contributed by atoms with E-state index in [2.05, 4.69) is 16.9 Å². The standard InChI is InChI=1S/C5H11NO.C5H5N.C2H6/c1-6-2-4-7-5-3-6;1-2-4-6-5-3-1;1-2/h2-5H2,1H3;1-5H;1-2H3. The van der Waals surface area contributed by atoms with Gasteiger partial charge in [0.05, 0.1) is 13.2 Å². The lowest BCUT2D eigenvalue weighted by Gasteiger charge is -2.21. The lowest BCUT2D eigenvalue weighted by atomic mass is 10.5. The van der Waals surface area contributed by atoms with Gasteiger partial charge in [-0.2, -0.15) is 0 Å². The van der Waals surface area contributed by atoms with Crippen LogP contribution in [0.2, 0.25) is 0 Å². The molecule has 0 N–H and O–H groups in total. The number of morpholine rings is 1. The maximum atomic E-state index is 5.10. The molecule has 3 heteroatoms. The average Bonchev–Trinajstić information content (AvgIpc) is 2.36. The number of pyridine rings is 1. The van der Waals surface area contributed by atoms with Gasteiger partial charge in [-0.1, -0.05) is 19.9 Å². The molecule has 1 saturated heterocycles. The van der Waals surface area contributed by atoms with Gasteiger partial charge in [-0.3, -0.25) is 4.98 Å². The van der Waals surface area contributed by atoms with Crippen LogP contribution in [0.1, 0.15) is 13.8 Å². The molecule has 1 aromatic heterocycles. The Kier molecular flexibility index (Phi) is 10.5. The van der Waals surface area contributed by atoms with E-state index in [0.29, 0.717) is 0 Å². The van der Waals surface area contributed by atoms with E-state index >= 15 is 0 Å². The predicted molar refractivity (Wildman–Crippen MR) is 63.9 cm³/mol. The van der Waals surface area contributed by atoms with Crippen molar-refractivity contribution in [3.63, 3.8) is 0 Å². The van der Waals surface area contributed by atoms with Crippen LogP contribution in [0.25, 0.3) is 0 Å². The third-order valence-corrected chi connectivity index (χ3v) is 1.80. The molecule has 0 bridgehead atoms. The second-order valence-electron chi connectivity index (χ2n) is 2.94. The first-order valence-electron chi connectivity index (χ1n) is 5.51. The molecule has 0 saturated carbocycles. The Bertz CT molecular complexity index is 171. The van der Waals surface area contributed by atoms with Crippen LogP contribution in [0.5, 0.6) is 0 Å². The predicted octanol–water partition coefficient (Wildman–Crippen LogP) is 2.06. The Hall–Kier alpha value is -0.930. The molecule has 15 heavy (non-hydrogen) atoms. The number of rotatable bonds is 0. The van der Waals surface area contributed by atoms with Gasteiger partial charge >= 0.3 is 0 Å². The van der Waals surface area contributed by atoms with Gasteiger partial charge in [0.2, 0.25) is 0 Å². The molecule has 3 nitrogen and oxygen atoms in total. The second-order valence-corrected chi connectivity index (χ2v) is 2.94. The highest BCUT2D eigenvalue weighted by Gasteiger charge is 2.02. The Labute approximate surface area is 93.1 Å². The summed E-state index contributed by atoms with van der Waals surface area (Å²) in [4.78, 5) is 6.05. The van der Waals surface area contributed by atoms with Crippen LogP contribution in [0.15, 0.2) is 30.6 Å². The van der Waals surface area contributed by atoms with Gasteiger partial charge in [-0.15, -0.1) is 0 Å². The zero-order chi connectivity index (χ0) is 11.4. The van der Waals surface area contributed by atoms with E-state index in [1.54, 1.807) is 12.4 Å². The Morgan fingerprint density at radius 2 is 1.53 bits per heavy atom. The van der Waals surface area contributed by atoms with E-state index < -0.39 is 0 Å². The van der Waals surface area contributed by atoms with Crippen molar-refractivity contribution in [3.8, 4) is 0 Å². The summed E-state index contributed by atoms with van der Waals surface area (Å²) < 4.78 is 5.10. The molecule has 86 valence electrons. The molecule has 0 atom stereocenters. The van der Waals surface area contributed by atoms with E-state index in [9.17, 15) is 0 Å². The molecule has 2 heterocycles. The minimum Gasteiger partial charge on any atom is -0.379 e. The Morgan fingerprint density at radius 1 is 1.00 bits per heavy atom. The van der Waals surface area contributed by atoms with E-state index in [4.69, 9.17) is 4.74 Å². The van der Waals surface area contributed by atoms with Crippen molar-refractivity contribution in [2.45, 2.75) is 13.8 Å². The highest BCUT2D eigenvalue weighted by atomic mass is 16.5. The van der Waals surface area contributed by atoms with Gasteiger partial charge in [0.15, 0.2) is 0 Å². The van der Waals surface area contributed by atoms with Crippen molar-refractivity contribution in [2.75, 3.05) is 33.4 Å². The molecule has 2 rings (SSSR count). The maximum Gasteiger partial charge on any atom is 0.0594 e. The highest BCUT2D eigenvalue weighted by Crippen LogP contribution is 1.89. The van der Waals surface area contributed by atoms with Gasteiger partial charge in [-0.05, 0) is 19.2 Å². The second kappa shape index (κ2) is 11.1. The van der Waals surface area contributed by atoms with Crippen molar-refractivity contribution in [1.82, 2.24) is 9.88 Å². The quantitative estimate of drug-likeness (QED) is 0.655. The molecule has 0 aromatic carbocycles. The van der Waals surface area contributed by atoms with E-state index in [1.165, 1.54) is 0 Å². The smallest absolute Gasteiger partial charge is 0.0594 e. The summed E-state index contributed by atoms with van der Waals surface area (Å²) in [5.74, 6) is 0. The molecule has 0 amide bonds. The fraction of sp³-hybridized carbons (Fsp3) is 0.583.